The van der Waals surface area contributed by atoms with Gasteiger partial charge in [-0.3, -0.25) is 0 Å². The molecule has 2 heteroatoms. The summed E-state index contributed by atoms with van der Waals surface area (Å²) >= 11 is 0. The van der Waals surface area contributed by atoms with Crippen molar-refractivity contribution in [2.45, 2.75) is 70.8 Å². The lowest BCUT2D eigenvalue weighted by Crippen LogP contribution is -2.23. The van der Waals surface area contributed by atoms with Gasteiger partial charge < -0.3 is 4.33 Å². The van der Waals surface area contributed by atoms with Crippen LogP contribution in [-0.2, 0) is 11.0 Å². The molecule has 3 rings (SSSR count). The highest BCUT2D eigenvalue weighted by atomic mass is 31.0. The lowest BCUT2D eigenvalue weighted by Gasteiger charge is -2.32. The van der Waals surface area contributed by atoms with Gasteiger partial charge in [0.1, 0.15) is 0 Å². The summed E-state index contributed by atoms with van der Waals surface area (Å²) in [5.41, 5.74) is 3.30. The van der Waals surface area contributed by atoms with Gasteiger partial charge in [-0.1, -0.05) is 56.5 Å². The van der Waals surface area contributed by atoms with E-state index in [1.165, 1.54) is 51.7 Å². The Hall–Kier alpha value is -1.07. The van der Waals surface area contributed by atoms with Crippen molar-refractivity contribution in [3.05, 3.63) is 41.7 Å². The zero-order valence-electron chi connectivity index (χ0n) is 14.4. The van der Waals surface area contributed by atoms with Gasteiger partial charge in [0.25, 0.3) is 0 Å². The fourth-order valence-corrected chi connectivity index (χ4v) is 5.03. The lowest BCUT2D eigenvalue weighted by molar-refractivity contribution is 0.325. The second kappa shape index (κ2) is 5.85. The van der Waals surface area contributed by atoms with Crippen LogP contribution in [0, 0.1) is 0 Å². The minimum Gasteiger partial charge on any atom is -0.318 e. The number of benzene rings is 1. The number of hydrogen-bond donors (Lipinski definition) is 0. The van der Waals surface area contributed by atoms with Crippen molar-refractivity contribution >= 4 is 8.35 Å². The molecule has 1 saturated carbocycles. The molecule has 1 aliphatic carbocycles. The van der Waals surface area contributed by atoms with Gasteiger partial charge in [0.2, 0.25) is 0 Å². The quantitative estimate of drug-likeness (QED) is 0.580. The molecule has 0 aliphatic heterocycles. The van der Waals surface area contributed by atoms with Gasteiger partial charge in [-0.2, -0.15) is 0 Å². The second-order valence-corrected chi connectivity index (χ2v) is 9.07. The van der Waals surface area contributed by atoms with Crippen LogP contribution in [0.3, 0.4) is 0 Å². The van der Waals surface area contributed by atoms with Crippen molar-refractivity contribution in [2.75, 3.05) is 0 Å². The van der Waals surface area contributed by atoms with Gasteiger partial charge in [-0.25, -0.2) is 0 Å². The molecule has 1 aromatic heterocycles. The van der Waals surface area contributed by atoms with Crippen LogP contribution >= 0.6 is 8.35 Å². The maximum absolute atomic E-state index is 2.57. The van der Waals surface area contributed by atoms with Gasteiger partial charge in [-0.05, 0) is 50.7 Å². The number of aromatic nitrogens is 1. The molecule has 1 heterocycles. The Morgan fingerprint density at radius 3 is 2.23 bits per heavy atom. The van der Waals surface area contributed by atoms with Crippen LogP contribution in [0.1, 0.15) is 65.1 Å². The van der Waals surface area contributed by atoms with E-state index in [2.05, 4.69) is 68.4 Å². The highest BCUT2D eigenvalue weighted by Crippen LogP contribution is 2.46. The third-order valence-corrected chi connectivity index (χ3v) is 6.89. The van der Waals surface area contributed by atoms with E-state index in [0.29, 0.717) is 5.41 Å². The Kier molecular flexibility index (Phi) is 4.21. The summed E-state index contributed by atoms with van der Waals surface area (Å²) in [5.74, 6) is 0. The van der Waals surface area contributed by atoms with Gasteiger partial charge in [-0.15, -0.1) is 0 Å². The van der Waals surface area contributed by atoms with E-state index in [-0.39, 0.29) is 5.54 Å². The Morgan fingerprint density at radius 1 is 1.00 bits per heavy atom. The van der Waals surface area contributed by atoms with E-state index in [9.17, 15) is 0 Å². The van der Waals surface area contributed by atoms with Crippen LogP contribution in [0.15, 0.2) is 36.4 Å². The Morgan fingerprint density at radius 2 is 1.64 bits per heavy atom. The first kappa shape index (κ1) is 15.8. The average molecular weight is 313 g/mol. The van der Waals surface area contributed by atoms with Crippen molar-refractivity contribution in [1.82, 2.24) is 4.33 Å². The lowest BCUT2D eigenvalue weighted by atomic mass is 9.74. The maximum atomic E-state index is 2.57. The summed E-state index contributed by atoms with van der Waals surface area (Å²) in [7, 11) is 1.40. The smallest absolute Gasteiger partial charge is 0.0529 e. The SMILES string of the molecule is CC1(c2cc(-c3ccccc3)n(C(C)(C)C)p2)CCCCC1. The molecule has 0 spiro atoms. The highest BCUT2D eigenvalue weighted by molar-refractivity contribution is 7.27. The van der Waals surface area contributed by atoms with Gasteiger partial charge in [0.15, 0.2) is 0 Å². The summed E-state index contributed by atoms with van der Waals surface area (Å²) in [5, 5.41) is 1.63. The Bertz CT molecular complexity index is 627. The molecule has 0 atom stereocenters. The van der Waals surface area contributed by atoms with E-state index in [4.69, 9.17) is 0 Å². The zero-order chi connectivity index (χ0) is 15.8. The molecule has 1 nitrogen and oxygen atoms in total. The van der Waals surface area contributed by atoms with Crippen LogP contribution in [0.4, 0.5) is 0 Å². The summed E-state index contributed by atoms with van der Waals surface area (Å²) in [4.78, 5) is 0. The van der Waals surface area contributed by atoms with Gasteiger partial charge in [0, 0.05) is 19.2 Å². The average Bonchev–Trinajstić information content (AvgIpc) is 2.95. The molecule has 0 bridgehead atoms. The van der Waals surface area contributed by atoms with E-state index < -0.39 is 0 Å². The number of rotatable bonds is 2. The van der Waals surface area contributed by atoms with E-state index in [1.54, 1.807) is 5.30 Å². The third-order valence-electron chi connectivity index (χ3n) is 4.99. The Balaban J connectivity index is 2.09. The monoisotopic (exact) mass is 313 g/mol. The first-order chi connectivity index (χ1) is 10.4. The molecule has 0 unspecified atom stereocenters. The van der Waals surface area contributed by atoms with Crippen molar-refractivity contribution in [3.8, 4) is 11.3 Å². The molecule has 0 amide bonds. The molecule has 118 valence electrons. The summed E-state index contributed by atoms with van der Waals surface area (Å²) in [6.07, 6.45) is 6.90. The van der Waals surface area contributed by atoms with Crippen molar-refractivity contribution in [2.24, 2.45) is 0 Å². The normalized spacial score (nSPS) is 18.7. The molecule has 2 aromatic rings. The van der Waals surface area contributed by atoms with Crippen LogP contribution in [0.25, 0.3) is 11.3 Å². The minimum atomic E-state index is 0.149. The number of nitrogens with zero attached hydrogens (tertiary/aromatic N) is 1. The summed E-state index contributed by atoms with van der Waals surface area (Å²) in [6.45, 7) is 9.45. The first-order valence-electron chi connectivity index (χ1n) is 8.57. The predicted octanol–water partition coefficient (Wildman–Crippen LogP) is 6.71. The van der Waals surface area contributed by atoms with Gasteiger partial charge >= 0.3 is 0 Å². The van der Waals surface area contributed by atoms with Crippen LogP contribution < -0.4 is 0 Å². The molecule has 1 aliphatic rings. The standard InChI is InChI=1S/C20H28NP/c1-19(2,3)21-17(16-11-7-5-8-12-16)15-18(22-21)20(4)13-9-6-10-14-20/h5,7-8,11-12,15H,6,9-10,13-14H2,1-4H3. The Labute approximate surface area is 136 Å². The van der Waals surface area contributed by atoms with Crippen molar-refractivity contribution in [3.63, 3.8) is 0 Å². The molecule has 0 radical (unpaired) electrons. The molecular weight excluding hydrogens is 285 g/mol. The summed E-state index contributed by atoms with van der Waals surface area (Å²) < 4.78 is 2.57. The van der Waals surface area contributed by atoms with E-state index in [0.717, 1.165) is 0 Å². The van der Waals surface area contributed by atoms with Gasteiger partial charge in [0.05, 0.1) is 5.69 Å². The largest absolute Gasteiger partial charge is 0.318 e. The fraction of sp³-hybridized carbons (Fsp3) is 0.550. The predicted molar refractivity (Wildman–Crippen MR) is 97.8 cm³/mol. The van der Waals surface area contributed by atoms with Crippen LogP contribution in [-0.4, -0.2) is 4.33 Å². The van der Waals surface area contributed by atoms with E-state index >= 15 is 0 Å². The topological polar surface area (TPSA) is 4.93 Å². The van der Waals surface area contributed by atoms with Crippen molar-refractivity contribution < 1.29 is 0 Å². The zero-order valence-corrected chi connectivity index (χ0v) is 15.3. The summed E-state index contributed by atoms with van der Waals surface area (Å²) in [6, 6.07) is 13.4. The van der Waals surface area contributed by atoms with Crippen LogP contribution in [0.5, 0.6) is 0 Å². The minimum absolute atomic E-state index is 0.149. The first-order valence-corrected chi connectivity index (χ1v) is 9.41. The third kappa shape index (κ3) is 3.01. The molecule has 22 heavy (non-hydrogen) atoms. The van der Waals surface area contributed by atoms with Crippen molar-refractivity contribution in [1.29, 1.82) is 0 Å². The second-order valence-electron chi connectivity index (χ2n) is 7.98. The van der Waals surface area contributed by atoms with E-state index in [1.807, 2.05) is 0 Å². The molecule has 1 aromatic carbocycles. The number of hydrogen-bond acceptors (Lipinski definition) is 0. The molecular formula is C20H28NP. The van der Waals surface area contributed by atoms with Crippen LogP contribution in [0.2, 0.25) is 0 Å². The maximum Gasteiger partial charge on any atom is 0.0529 e. The highest BCUT2D eigenvalue weighted by Gasteiger charge is 2.32. The molecule has 0 N–H and O–H groups in total. The molecule has 0 saturated heterocycles. The molecule has 1 fully saturated rings. The fourth-order valence-electron chi connectivity index (χ4n) is 3.59.